The molecular formula is C19H28BrN3O2S. The Bertz CT molecular complexity index is 575. The number of nitrogens with zero attached hydrogens (tertiary/aromatic N) is 1. The van der Waals surface area contributed by atoms with Gasteiger partial charge in [-0.25, -0.2) is 0 Å². The van der Waals surface area contributed by atoms with Crippen LogP contribution in [0.2, 0.25) is 0 Å². The molecule has 26 heavy (non-hydrogen) atoms. The van der Waals surface area contributed by atoms with Crippen molar-refractivity contribution >= 4 is 39.5 Å². The Morgan fingerprint density at radius 1 is 1.19 bits per heavy atom. The van der Waals surface area contributed by atoms with Gasteiger partial charge in [0.25, 0.3) is 0 Å². The lowest BCUT2D eigenvalue weighted by Crippen LogP contribution is -2.47. The number of thioether (sulfide) groups is 1. The average Bonchev–Trinajstić information content (AvgIpc) is 2.63. The minimum Gasteiger partial charge on any atom is -0.355 e. The van der Waals surface area contributed by atoms with Gasteiger partial charge in [0.05, 0.1) is 6.54 Å². The maximum Gasteiger partial charge on any atom is 0.234 e. The second-order valence-corrected chi connectivity index (χ2v) is 8.60. The normalized spacial score (nSPS) is 15.6. The van der Waals surface area contributed by atoms with E-state index in [4.69, 9.17) is 0 Å². The maximum atomic E-state index is 12.1. The molecular weight excluding hydrogens is 414 g/mol. The molecule has 2 N–H and O–H groups in total. The second-order valence-electron chi connectivity index (χ2n) is 6.52. The lowest BCUT2D eigenvalue weighted by Gasteiger charge is -2.31. The minimum absolute atomic E-state index is 0.0966. The molecule has 2 rings (SSSR count). The Hall–Kier alpha value is -1.05. The number of piperidine rings is 1. The molecule has 5 nitrogen and oxygen atoms in total. The summed E-state index contributed by atoms with van der Waals surface area (Å²) in [5, 5.41) is 6.04. The molecule has 0 radical (unpaired) electrons. The van der Waals surface area contributed by atoms with Crippen LogP contribution in [-0.2, 0) is 9.59 Å². The highest BCUT2D eigenvalue weighted by atomic mass is 79.9. The summed E-state index contributed by atoms with van der Waals surface area (Å²) >= 11 is 5.12. The van der Waals surface area contributed by atoms with E-state index in [2.05, 4.69) is 43.6 Å². The standard InChI is InChI=1S/C19H28BrN3O2S/c1-2-10-21-19(25)14-23-11-7-16(8-12-23)22-18(24)9-13-26-17-5-3-15(20)4-6-17/h3-6,16H,2,7-14H2,1H3,(H,21,25)(H,22,24). The zero-order valence-electron chi connectivity index (χ0n) is 15.3. The molecule has 0 atom stereocenters. The van der Waals surface area contributed by atoms with Gasteiger partial charge >= 0.3 is 0 Å². The largest absolute Gasteiger partial charge is 0.355 e. The molecule has 0 unspecified atom stereocenters. The summed E-state index contributed by atoms with van der Waals surface area (Å²) in [5.41, 5.74) is 0. The van der Waals surface area contributed by atoms with Crippen LogP contribution >= 0.6 is 27.7 Å². The van der Waals surface area contributed by atoms with Gasteiger partial charge in [-0.15, -0.1) is 11.8 Å². The zero-order chi connectivity index (χ0) is 18.8. The number of hydrogen-bond donors (Lipinski definition) is 2. The third-order valence-electron chi connectivity index (χ3n) is 4.30. The van der Waals surface area contributed by atoms with E-state index in [1.165, 1.54) is 4.90 Å². The molecule has 1 aromatic carbocycles. The number of rotatable bonds is 9. The Labute approximate surface area is 168 Å². The predicted molar refractivity (Wildman–Crippen MR) is 110 cm³/mol. The van der Waals surface area contributed by atoms with Crippen LogP contribution in [0.5, 0.6) is 0 Å². The lowest BCUT2D eigenvalue weighted by molar-refractivity contribution is -0.124. The average molecular weight is 442 g/mol. The van der Waals surface area contributed by atoms with Crippen molar-refractivity contribution in [3.63, 3.8) is 0 Å². The number of carbonyl (C=O) groups excluding carboxylic acids is 2. The van der Waals surface area contributed by atoms with Crippen molar-refractivity contribution in [2.24, 2.45) is 0 Å². The summed E-state index contributed by atoms with van der Waals surface area (Å²) in [6.45, 7) is 4.97. The summed E-state index contributed by atoms with van der Waals surface area (Å²) in [7, 11) is 0. The highest BCUT2D eigenvalue weighted by Crippen LogP contribution is 2.21. The smallest absolute Gasteiger partial charge is 0.234 e. The van der Waals surface area contributed by atoms with Gasteiger partial charge in [0.1, 0.15) is 0 Å². The van der Waals surface area contributed by atoms with Crippen LogP contribution in [0.25, 0.3) is 0 Å². The predicted octanol–water partition coefficient (Wildman–Crippen LogP) is 3.04. The van der Waals surface area contributed by atoms with Crippen LogP contribution in [0.4, 0.5) is 0 Å². The Morgan fingerprint density at radius 2 is 1.88 bits per heavy atom. The summed E-state index contributed by atoms with van der Waals surface area (Å²) < 4.78 is 1.06. The van der Waals surface area contributed by atoms with Crippen molar-refractivity contribution in [2.75, 3.05) is 31.9 Å². The van der Waals surface area contributed by atoms with Crippen molar-refractivity contribution < 1.29 is 9.59 Å². The van der Waals surface area contributed by atoms with Gasteiger partial charge in [-0.3, -0.25) is 14.5 Å². The van der Waals surface area contributed by atoms with E-state index < -0.39 is 0 Å². The van der Waals surface area contributed by atoms with Crippen LogP contribution in [0.1, 0.15) is 32.6 Å². The second kappa shape index (κ2) is 11.6. The van der Waals surface area contributed by atoms with Crippen molar-refractivity contribution in [3.05, 3.63) is 28.7 Å². The number of nitrogens with one attached hydrogen (secondary N) is 2. The van der Waals surface area contributed by atoms with Gasteiger partial charge in [0.15, 0.2) is 0 Å². The molecule has 0 saturated carbocycles. The molecule has 1 aromatic rings. The van der Waals surface area contributed by atoms with Gasteiger partial charge in [0, 0.05) is 47.2 Å². The number of amides is 2. The fraction of sp³-hybridized carbons (Fsp3) is 0.579. The van der Waals surface area contributed by atoms with Crippen LogP contribution in [-0.4, -0.2) is 54.7 Å². The molecule has 1 heterocycles. The number of carbonyl (C=O) groups is 2. The first-order valence-corrected chi connectivity index (χ1v) is 11.0. The first kappa shape index (κ1) is 21.3. The van der Waals surface area contributed by atoms with Crippen LogP contribution in [0, 0.1) is 0 Å². The zero-order valence-corrected chi connectivity index (χ0v) is 17.7. The van der Waals surface area contributed by atoms with Crippen LogP contribution in [0.15, 0.2) is 33.6 Å². The molecule has 0 aliphatic carbocycles. The molecule has 1 aliphatic heterocycles. The SMILES string of the molecule is CCCNC(=O)CN1CCC(NC(=O)CCSc2ccc(Br)cc2)CC1. The van der Waals surface area contributed by atoms with Crippen LogP contribution in [0.3, 0.4) is 0 Å². The lowest BCUT2D eigenvalue weighted by atomic mass is 10.0. The molecule has 1 saturated heterocycles. The van der Waals surface area contributed by atoms with E-state index in [1.807, 2.05) is 19.1 Å². The molecule has 7 heteroatoms. The van der Waals surface area contributed by atoms with Crippen LogP contribution < -0.4 is 10.6 Å². The van der Waals surface area contributed by atoms with E-state index in [9.17, 15) is 9.59 Å². The van der Waals surface area contributed by atoms with Gasteiger partial charge in [-0.2, -0.15) is 0 Å². The third-order valence-corrected chi connectivity index (χ3v) is 5.85. The number of benzene rings is 1. The van der Waals surface area contributed by atoms with E-state index in [1.54, 1.807) is 11.8 Å². The van der Waals surface area contributed by atoms with E-state index in [-0.39, 0.29) is 17.9 Å². The summed E-state index contributed by atoms with van der Waals surface area (Å²) in [5.74, 6) is 0.997. The van der Waals surface area contributed by atoms with Crippen molar-refractivity contribution in [2.45, 2.75) is 43.5 Å². The highest BCUT2D eigenvalue weighted by molar-refractivity contribution is 9.10. The molecule has 144 valence electrons. The molecule has 1 fully saturated rings. The van der Waals surface area contributed by atoms with E-state index in [0.29, 0.717) is 13.0 Å². The van der Waals surface area contributed by atoms with Crippen molar-refractivity contribution in [3.8, 4) is 0 Å². The number of halogens is 1. The quantitative estimate of drug-likeness (QED) is 0.578. The number of hydrogen-bond acceptors (Lipinski definition) is 4. The fourth-order valence-electron chi connectivity index (χ4n) is 2.85. The molecule has 0 aromatic heterocycles. The van der Waals surface area contributed by atoms with Crippen molar-refractivity contribution in [1.29, 1.82) is 0 Å². The molecule has 0 spiro atoms. The summed E-state index contributed by atoms with van der Waals surface area (Å²) in [6, 6.07) is 8.37. The monoisotopic (exact) mass is 441 g/mol. The molecule has 2 amide bonds. The van der Waals surface area contributed by atoms with Gasteiger partial charge in [-0.1, -0.05) is 22.9 Å². The minimum atomic E-state index is 0.0966. The van der Waals surface area contributed by atoms with Crippen molar-refractivity contribution in [1.82, 2.24) is 15.5 Å². The fourth-order valence-corrected chi connectivity index (χ4v) is 3.97. The molecule has 1 aliphatic rings. The third kappa shape index (κ3) is 8.10. The van der Waals surface area contributed by atoms with E-state index >= 15 is 0 Å². The molecule has 0 bridgehead atoms. The number of likely N-dealkylation sites (tertiary alicyclic amines) is 1. The summed E-state index contributed by atoms with van der Waals surface area (Å²) in [6.07, 6.45) is 3.31. The first-order valence-electron chi connectivity index (χ1n) is 9.23. The van der Waals surface area contributed by atoms with Gasteiger partial charge in [-0.05, 0) is 43.5 Å². The topological polar surface area (TPSA) is 61.4 Å². The highest BCUT2D eigenvalue weighted by Gasteiger charge is 2.21. The Kier molecular flexibility index (Phi) is 9.50. The van der Waals surface area contributed by atoms with Gasteiger partial charge in [0.2, 0.25) is 11.8 Å². The summed E-state index contributed by atoms with van der Waals surface area (Å²) in [4.78, 5) is 27.2. The van der Waals surface area contributed by atoms with Gasteiger partial charge < -0.3 is 10.6 Å². The Morgan fingerprint density at radius 3 is 2.54 bits per heavy atom. The Balaban J connectivity index is 1.58. The maximum absolute atomic E-state index is 12.1. The first-order chi connectivity index (χ1) is 12.6. The van der Waals surface area contributed by atoms with E-state index in [0.717, 1.165) is 49.1 Å².